The van der Waals surface area contributed by atoms with Crippen LogP contribution in [-0.4, -0.2) is 34.0 Å². The van der Waals surface area contributed by atoms with E-state index in [0.29, 0.717) is 16.8 Å². The molecule has 122 valence electrons. The number of aliphatic hydroxyl groups is 1. The summed E-state index contributed by atoms with van der Waals surface area (Å²) in [6.07, 6.45) is 0.110. The Hall–Kier alpha value is -2.41. The third kappa shape index (κ3) is 2.46. The van der Waals surface area contributed by atoms with Crippen LogP contribution in [0.1, 0.15) is 29.7 Å². The van der Waals surface area contributed by atoms with Crippen molar-refractivity contribution in [2.45, 2.75) is 24.9 Å². The standard InChI is InChI=1S/C16H17FN2O4/c1-16(22)7-10-12(14(20)19-18-10)11(13(16)15(21)23-2)8-3-5-9(17)6-4-8/h3-6,11,13,22H,7H2,1-2H3,(H2,18,19,20)/t11-,13-,16-/m0/s1. The fourth-order valence-corrected chi connectivity index (χ4v) is 3.41. The van der Waals surface area contributed by atoms with Crippen LogP contribution in [0.5, 0.6) is 0 Å². The van der Waals surface area contributed by atoms with Gasteiger partial charge in [-0.3, -0.25) is 14.7 Å². The number of nitrogens with one attached hydrogen (secondary N) is 2. The zero-order valence-electron chi connectivity index (χ0n) is 12.7. The van der Waals surface area contributed by atoms with Crippen molar-refractivity contribution in [2.75, 3.05) is 7.11 Å². The number of carbonyl (C=O) groups is 1. The van der Waals surface area contributed by atoms with Crippen LogP contribution < -0.4 is 5.56 Å². The summed E-state index contributed by atoms with van der Waals surface area (Å²) >= 11 is 0. The second kappa shape index (κ2) is 5.34. The quantitative estimate of drug-likeness (QED) is 0.721. The topological polar surface area (TPSA) is 95.2 Å². The Morgan fingerprint density at radius 1 is 1.35 bits per heavy atom. The van der Waals surface area contributed by atoms with Crippen LogP contribution in [0.15, 0.2) is 29.1 Å². The average Bonchev–Trinajstić information content (AvgIpc) is 2.85. The number of carbonyl (C=O) groups excluding carboxylic acids is 1. The first kappa shape index (κ1) is 15.5. The predicted octanol–water partition coefficient (Wildman–Crippen LogP) is 1.07. The summed E-state index contributed by atoms with van der Waals surface area (Å²) in [5.41, 5.74) is -0.301. The zero-order valence-corrected chi connectivity index (χ0v) is 12.7. The second-order valence-electron chi connectivity index (χ2n) is 6.04. The Morgan fingerprint density at radius 3 is 2.61 bits per heavy atom. The van der Waals surface area contributed by atoms with Crippen LogP contribution in [0, 0.1) is 11.7 Å². The molecule has 23 heavy (non-hydrogen) atoms. The molecule has 1 heterocycles. The van der Waals surface area contributed by atoms with Crippen LogP contribution in [0.25, 0.3) is 0 Å². The molecular weight excluding hydrogens is 303 g/mol. The summed E-state index contributed by atoms with van der Waals surface area (Å²) in [5, 5.41) is 16.0. The van der Waals surface area contributed by atoms with Gasteiger partial charge in [0.25, 0.3) is 5.56 Å². The van der Waals surface area contributed by atoms with E-state index in [4.69, 9.17) is 4.74 Å². The summed E-state index contributed by atoms with van der Waals surface area (Å²) in [7, 11) is 1.23. The summed E-state index contributed by atoms with van der Waals surface area (Å²) in [6, 6.07) is 5.53. The van der Waals surface area contributed by atoms with Crippen LogP contribution in [-0.2, 0) is 16.0 Å². The van der Waals surface area contributed by atoms with Crippen molar-refractivity contribution in [1.82, 2.24) is 10.2 Å². The van der Waals surface area contributed by atoms with Gasteiger partial charge in [0, 0.05) is 23.6 Å². The molecule has 0 aliphatic heterocycles. The lowest BCUT2D eigenvalue weighted by atomic mass is 9.66. The van der Waals surface area contributed by atoms with Crippen molar-refractivity contribution >= 4 is 5.97 Å². The fraction of sp³-hybridized carbons (Fsp3) is 0.375. The molecule has 3 rings (SSSR count). The number of H-pyrrole nitrogens is 2. The minimum absolute atomic E-state index is 0.110. The molecule has 0 saturated heterocycles. The molecule has 0 fully saturated rings. The highest BCUT2D eigenvalue weighted by Gasteiger charge is 2.51. The zero-order chi connectivity index (χ0) is 16.8. The van der Waals surface area contributed by atoms with Gasteiger partial charge in [-0.15, -0.1) is 0 Å². The molecule has 0 unspecified atom stereocenters. The van der Waals surface area contributed by atoms with Gasteiger partial charge in [-0.05, 0) is 24.6 Å². The van der Waals surface area contributed by atoms with E-state index >= 15 is 0 Å². The highest BCUT2D eigenvalue weighted by Crippen LogP contribution is 2.44. The Morgan fingerprint density at radius 2 is 2.00 bits per heavy atom. The lowest BCUT2D eigenvalue weighted by Gasteiger charge is -2.40. The van der Waals surface area contributed by atoms with Gasteiger partial charge in [-0.2, -0.15) is 0 Å². The van der Waals surface area contributed by atoms with Crippen molar-refractivity contribution in [1.29, 1.82) is 0 Å². The van der Waals surface area contributed by atoms with E-state index in [2.05, 4.69) is 10.2 Å². The van der Waals surface area contributed by atoms with Gasteiger partial charge in [0.05, 0.1) is 18.6 Å². The van der Waals surface area contributed by atoms with Crippen LogP contribution in [0.3, 0.4) is 0 Å². The molecule has 1 aliphatic rings. The lowest BCUT2D eigenvalue weighted by molar-refractivity contribution is -0.156. The Labute approximate surface area is 131 Å². The molecule has 7 heteroatoms. The van der Waals surface area contributed by atoms with Gasteiger partial charge in [0.1, 0.15) is 5.82 Å². The highest BCUT2D eigenvalue weighted by atomic mass is 19.1. The average molecular weight is 320 g/mol. The molecule has 0 bridgehead atoms. The number of hydrogen-bond donors (Lipinski definition) is 3. The number of esters is 1. The van der Waals surface area contributed by atoms with Gasteiger partial charge in [-0.1, -0.05) is 12.1 Å². The van der Waals surface area contributed by atoms with Crippen LogP contribution in [0.2, 0.25) is 0 Å². The third-order valence-electron chi connectivity index (χ3n) is 4.43. The third-order valence-corrected chi connectivity index (χ3v) is 4.43. The lowest BCUT2D eigenvalue weighted by Crippen LogP contribution is -2.49. The largest absolute Gasteiger partial charge is 0.469 e. The first-order valence-electron chi connectivity index (χ1n) is 7.20. The minimum atomic E-state index is -1.41. The Bertz CT molecular complexity index is 791. The number of methoxy groups -OCH3 is 1. The van der Waals surface area contributed by atoms with Crippen molar-refractivity contribution in [3.8, 4) is 0 Å². The molecule has 1 aromatic heterocycles. The molecule has 2 aromatic rings. The molecule has 3 N–H and O–H groups in total. The number of benzene rings is 1. The van der Waals surface area contributed by atoms with Gasteiger partial charge in [0.15, 0.2) is 0 Å². The number of hydrogen-bond acceptors (Lipinski definition) is 4. The molecule has 1 aromatic carbocycles. The van der Waals surface area contributed by atoms with E-state index in [1.165, 1.54) is 38.3 Å². The maximum atomic E-state index is 13.2. The Kier molecular flexibility index (Phi) is 3.60. The minimum Gasteiger partial charge on any atom is -0.469 e. The van der Waals surface area contributed by atoms with E-state index < -0.39 is 29.2 Å². The van der Waals surface area contributed by atoms with E-state index in [1.54, 1.807) is 0 Å². The Balaban J connectivity index is 2.24. The summed E-state index contributed by atoms with van der Waals surface area (Å²) < 4.78 is 18.1. The number of ether oxygens (including phenoxy) is 1. The monoisotopic (exact) mass is 320 g/mol. The number of halogens is 1. The maximum Gasteiger partial charge on any atom is 0.312 e. The summed E-state index contributed by atoms with van der Waals surface area (Å²) in [6.45, 7) is 1.53. The van der Waals surface area contributed by atoms with Gasteiger partial charge >= 0.3 is 5.97 Å². The number of aromatic nitrogens is 2. The fourth-order valence-electron chi connectivity index (χ4n) is 3.41. The van der Waals surface area contributed by atoms with Crippen molar-refractivity contribution in [2.24, 2.45) is 5.92 Å². The first-order chi connectivity index (χ1) is 10.8. The van der Waals surface area contributed by atoms with Crippen molar-refractivity contribution in [3.05, 3.63) is 57.3 Å². The molecule has 0 amide bonds. The molecule has 0 spiro atoms. The predicted molar refractivity (Wildman–Crippen MR) is 79.5 cm³/mol. The second-order valence-corrected chi connectivity index (χ2v) is 6.04. The van der Waals surface area contributed by atoms with Gasteiger partial charge in [-0.25, -0.2) is 4.39 Å². The SMILES string of the molecule is COC(=O)[C@@H]1[C@@H](c2ccc(F)cc2)c2c([nH][nH]c2=O)C[C@]1(C)O. The van der Waals surface area contributed by atoms with Gasteiger partial charge in [0.2, 0.25) is 0 Å². The van der Waals surface area contributed by atoms with Crippen molar-refractivity contribution in [3.63, 3.8) is 0 Å². The molecule has 6 nitrogen and oxygen atoms in total. The normalized spacial score (nSPS) is 26.6. The molecule has 0 radical (unpaired) electrons. The molecule has 1 aliphatic carbocycles. The number of rotatable bonds is 2. The molecular formula is C16H17FN2O4. The van der Waals surface area contributed by atoms with Crippen LogP contribution in [0.4, 0.5) is 4.39 Å². The summed E-state index contributed by atoms with van der Waals surface area (Å²) in [4.78, 5) is 24.5. The first-order valence-corrected chi connectivity index (χ1v) is 7.20. The number of fused-ring (bicyclic) bond motifs is 1. The van der Waals surface area contributed by atoms with Crippen LogP contribution >= 0.6 is 0 Å². The summed E-state index contributed by atoms with van der Waals surface area (Å²) in [5.74, 6) is -2.73. The van der Waals surface area contributed by atoms with Crippen molar-refractivity contribution < 1.29 is 19.0 Å². The highest BCUT2D eigenvalue weighted by molar-refractivity contribution is 5.77. The molecule has 3 atom stereocenters. The van der Waals surface area contributed by atoms with Gasteiger partial charge < -0.3 is 14.9 Å². The van der Waals surface area contributed by atoms with E-state index in [1.807, 2.05) is 0 Å². The maximum absolute atomic E-state index is 13.2. The van der Waals surface area contributed by atoms with E-state index in [-0.39, 0.29) is 12.0 Å². The van der Waals surface area contributed by atoms with E-state index in [9.17, 15) is 19.1 Å². The number of aromatic amines is 2. The smallest absolute Gasteiger partial charge is 0.312 e. The molecule has 0 saturated carbocycles. The van der Waals surface area contributed by atoms with E-state index in [0.717, 1.165) is 0 Å².